The average molecular weight is 437 g/mol. The summed E-state index contributed by atoms with van der Waals surface area (Å²) in [6, 6.07) is 10.0. The monoisotopic (exact) mass is 436 g/mol. The number of hydrogen-bond donors (Lipinski definition) is 0. The number of rotatable bonds is 6. The summed E-state index contributed by atoms with van der Waals surface area (Å²) in [5, 5.41) is 2.01. The molecule has 4 rings (SSSR count). The molecule has 1 saturated carbocycles. The average Bonchev–Trinajstić information content (AvgIpc) is 3.43. The number of amides is 1. The summed E-state index contributed by atoms with van der Waals surface area (Å²) >= 11 is 3.00. The second-order valence-electron chi connectivity index (χ2n) is 7.45. The summed E-state index contributed by atoms with van der Waals surface area (Å²) in [6.07, 6.45) is 4.79. The number of carbonyl (C=O) groups excluding carboxylic acids is 1. The van der Waals surface area contributed by atoms with E-state index in [4.69, 9.17) is 0 Å². The maximum Gasteiger partial charge on any atom is 0.233 e. The fourth-order valence-corrected chi connectivity index (χ4v) is 7.56. The van der Waals surface area contributed by atoms with Gasteiger partial charge in [-0.15, -0.1) is 11.3 Å². The van der Waals surface area contributed by atoms with Crippen LogP contribution in [-0.2, 0) is 14.6 Å². The Bertz CT molecular complexity index is 921. The van der Waals surface area contributed by atoms with Crippen LogP contribution in [0.5, 0.6) is 0 Å². The molecule has 1 saturated heterocycles. The predicted molar refractivity (Wildman–Crippen MR) is 114 cm³/mol. The zero-order valence-corrected chi connectivity index (χ0v) is 18.1. The van der Waals surface area contributed by atoms with Crippen molar-refractivity contribution in [3.05, 3.63) is 35.7 Å². The number of hydrogen-bond acceptors (Lipinski definition) is 6. The van der Waals surface area contributed by atoms with Gasteiger partial charge in [-0.05, 0) is 19.3 Å². The van der Waals surface area contributed by atoms with Crippen molar-refractivity contribution in [1.82, 2.24) is 9.88 Å². The van der Waals surface area contributed by atoms with Crippen molar-refractivity contribution in [3.8, 4) is 11.3 Å². The van der Waals surface area contributed by atoms with Gasteiger partial charge in [-0.3, -0.25) is 4.79 Å². The molecule has 0 spiro atoms. The van der Waals surface area contributed by atoms with Gasteiger partial charge >= 0.3 is 0 Å². The van der Waals surface area contributed by atoms with E-state index in [9.17, 15) is 13.2 Å². The number of thiazole rings is 1. The summed E-state index contributed by atoms with van der Waals surface area (Å²) in [5.41, 5.74) is 2.00. The highest BCUT2D eigenvalue weighted by molar-refractivity contribution is 8.01. The lowest BCUT2D eigenvalue weighted by molar-refractivity contribution is -0.132. The third kappa shape index (κ3) is 4.60. The molecule has 2 aromatic rings. The van der Waals surface area contributed by atoms with Crippen molar-refractivity contribution < 1.29 is 13.2 Å². The number of carbonyl (C=O) groups is 1. The van der Waals surface area contributed by atoms with Gasteiger partial charge < -0.3 is 4.90 Å². The molecule has 1 unspecified atom stereocenters. The van der Waals surface area contributed by atoms with E-state index < -0.39 is 9.84 Å². The first-order valence-corrected chi connectivity index (χ1v) is 13.4. The quantitative estimate of drug-likeness (QED) is 0.643. The van der Waals surface area contributed by atoms with Gasteiger partial charge in [0, 0.05) is 23.0 Å². The van der Waals surface area contributed by atoms with Gasteiger partial charge in [0.1, 0.15) is 0 Å². The van der Waals surface area contributed by atoms with Crippen molar-refractivity contribution in [2.24, 2.45) is 0 Å². The minimum absolute atomic E-state index is 0.0514. The third-order valence-electron chi connectivity index (χ3n) is 5.48. The summed E-state index contributed by atoms with van der Waals surface area (Å²) in [4.78, 5) is 19.6. The molecule has 150 valence electrons. The van der Waals surface area contributed by atoms with E-state index in [0.29, 0.717) is 12.2 Å². The van der Waals surface area contributed by atoms with Crippen LogP contribution in [0.3, 0.4) is 0 Å². The highest BCUT2D eigenvalue weighted by Crippen LogP contribution is 2.32. The molecule has 0 N–H and O–H groups in total. The summed E-state index contributed by atoms with van der Waals surface area (Å²) in [7, 11) is -3.01. The minimum atomic E-state index is -3.01. The predicted octanol–water partition coefficient (Wildman–Crippen LogP) is 3.86. The zero-order valence-electron chi connectivity index (χ0n) is 15.6. The van der Waals surface area contributed by atoms with Crippen LogP contribution in [-0.4, -0.2) is 53.6 Å². The molecule has 1 aromatic heterocycles. The Morgan fingerprint density at radius 3 is 2.57 bits per heavy atom. The van der Waals surface area contributed by atoms with E-state index >= 15 is 0 Å². The largest absolute Gasteiger partial charge is 0.335 e. The second-order valence-corrected chi connectivity index (χ2v) is 11.8. The normalized spacial score (nSPS) is 21.8. The molecular weight excluding hydrogens is 412 g/mol. The fourth-order valence-electron chi connectivity index (χ4n) is 4.15. The summed E-state index contributed by atoms with van der Waals surface area (Å²) < 4.78 is 24.8. The van der Waals surface area contributed by atoms with Crippen molar-refractivity contribution in [1.29, 1.82) is 0 Å². The van der Waals surface area contributed by atoms with Crippen LogP contribution in [0.15, 0.2) is 40.1 Å². The van der Waals surface area contributed by atoms with Gasteiger partial charge in [-0.1, -0.05) is 54.9 Å². The Morgan fingerprint density at radius 2 is 1.89 bits per heavy atom. The van der Waals surface area contributed by atoms with Gasteiger partial charge in [-0.25, -0.2) is 13.4 Å². The van der Waals surface area contributed by atoms with Gasteiger partial charge in [0.25, 0.3) is 0 Å². The van der Waals surface area contributed by atoms with Crippen molar-refractivity contribution in [3.63, 3.8) is 0 Å². The third-order valence-corrected chi connectivity index (χ3v) is 9.24. The standard InChI is InChI=1S/C20H24N2O3S3/c23-19(13-27-20-21-18(12-26-20)15-6-2-1-3-7-15)22(16-8-4-5-9-16)17-10-11-28(24,25)14-17/h1-3,6-7,12,16-17H,4-5,8-11,13-14H2. The SMILES string of the molecule is O=C(CSc1nc(-c2ccccc2)cs1)N(C1CCCC1)C1CCS(=O)(=O)C1. The molecule has 2 heterocycles. The topological polar surface area (TPSA) is 67.3 Å². The Labute approximate surface area is 174 Å². The van der Waals surface area contributed by atoms with Crippen LogP contribution in [0.25, 0.3) is 11.3 Å². The van der Waals surface area contributed by atoms with Gasteiger partial charge in [0.2, 0.25) is 5.91 Å². The highest BCUT2D eigenvalue weighted by Gasteiger charge is 2.38. The molecule has 1 atom stereocenters. The van der Waals surface area contributed by atoms with E-state index in [2.05, 4.69) is 4.98 Å². The molecule has 1 amide bonds. The molecule has 28 heavy (non-hydrogen) atoms. The Morgan fingerprint density at radius 1 is 1.14 bits per heavy atom. The molecule has 1 aliphatic carbocycles. The first-order chi connectivity index (χ1) is 13.5. The molecule has 0 bridgehead atoms. The van der Waals surface area contributed by atoms with Gasteiger partial charge in [0.05, 0.1) is 23.0 Å². The number of aromatic nitrogens is 1. The lowest BCUT2D eigenvalue weighted by Gasteiger charge is -2.34. The summed E-state index contributed by atoms with van der Waals surface area (Å²) in [6.45, 7) is 0. The maximum absolute atomic E-state index is 13.1. The Balaban J connectivity index is 1.42. The van der Waals surface area contributed by atoms with Crippen LogP contribution < -0.4 is 0 Å². The van der Waals surface area contributed by atoms with E-state index in [1.54, 1.807) is 11.3 Å². The molecular formula is C20H24N2O3S3. The van der Waals surface area contributed by atoms with E-state index in [0.717, 1.165) is 41.3 Å². The maximum atomic E-state index is 13.1. The lowest BCUT2D eigenvalue weighted by Crippen LogP contribution is -2.47. The van der Waals surface area contributed by atoms with Crippen LogP contribution in [0.2, 0.25) is 0 Å². The first-order valence-electron chi connectivity index (χ1n) is 9.67. The van der Waals surface area contributed by atoms with E-state index in [1.807, 2.05) is 40.6 Å². The minimum Gasteiger partial charge on any atom is -0.335 e. The number of nitrogens with zero attached hydrogens (tertiary/aromatic N) is 2. The van der Waals surface area contributed by atoms with Crippen LogP contribution in [0.1, 0.15) is 32.1 Å². The van der Waals surface area contributed by atoms with E-state index in [-0.39, 0.29) is 29.5 Å². The molecule has 0 radical (unpaired) electrons. The number of thioether (sulfide) groups is 1. The molecule has 5 nitrogen and oxygen atoms in total. The van der Waals surface area contributed by atoms with Gasteiger partial charge in [-0.2, -0.15) is 0 Å². The molecule has 1 aliphatic heterocycles. The molecule has 2 aliphatic rings. The van der Waals surface area contributed by atoms with Crippen LogP contribution in [0, 0.1) is 0 Å². The smallest absolute Gasteiger partial charge is 0.233 e. The lowest BCUT2D eigenvalue weighted by atomic mass is 10.1. The van der Waals surface area contributed by atoms with Crippen molar-refractivity contribution in [2.45, 2.75) is 48.5 Å². The molecule has 1 aromatic carbocycles. The molecule has 8 heteroatoms. The van der Waals surface area contributed by atoms with Crippen molar-refractivity contribution >= 4 is 38.8 Å². The van der Waals surface area contributed by atoms with Crippen LogP contribution >= 0.6 is 23.1 Å². The van der Waals surface area contributed by atoms with Gasteiger partial charge in [0.15, 0.2) is 14.2 Å². The van der Waals surface area contributed by atoms with Crippen LogP contribution in [0.4, 0.5) is 0 Å². The first kappa shape index (κ1) is 19.9. The highest BCUT2D eigenvalue weighted by atomic mass is 32.2. The molecule has 2 fully saturated rings. The van der Waals surface area contributed by atoms with Crippen molar-refractivity contribution in [2.75, 3.05) is 17.3 Å². The Hall–Kier alpha value is -1.38. The van der Waals surface area contributed by atoms with E-state index in [1.165, 1.54) is 11.8 Å². The number of benzene rings is 1. The number of sulfone groups is 1. The Kier molecular flexibility index (Phi) is 6.08. The second kappa shape index (κ2) is 8.55. The fraction of sp³-hybridized carbons (Fsp3) is 0.500. The summed E-state index contributed by atoms with van der Waals surface area (Å²) in [5.74, 6) is 0.689. The zero-order chi connectivity index (χ0) is 19.6.